The third-order valence-corrected chi connectivity index (χ3v) is 8.83. The van der Waals surface area contributed by atoms with Crippen molar-refractivity contribution < 1.29 is 17.6 Å². The zero-order valence-electron chi connectivity index (χ0n) is 23.8. The number of benzene rings is 2. The maximum atomic E-state index is 11.7. The van der Waals surface area contributed by atoms with E-state index >= 15 is 0 Å². The van der Waals surface area contributed by atoms with Gasteiger partial charge in [0.2, 0.25) is 5.88 Å². The van der Waals surface area contributed by atoms with Gasteiger partial charge in [0.05, 0.1) is 23.3 Å². The van der Waals surface area contributed by atoms with Crippen LogP contribution in [0.5, 0.6) is 5.75 Å². The SMILES string of the molecule is C=N/C(=C\c1nncn1C)Oc1ccc(Nc2ncnc3ccc(-c4cc(CN5CCS(=O)(=O)CC5)co4)cc23)cc1C. The van der Waals surface area contributed by atoms with Crippen molar-refractivity contribution in [3.63, 3.8) is 0 Å². The number of aliphatic imine (C=N–C) groups is 1. The second-order valence-corrected chi connectivity index (χ2v) is 12.7. The number of hydrogen-bond donors (Lipinski definition) is 1. The van der Waals surface area contributed by atoms with Crippen molar-refractivity contribution in [2.45, 2.75) is 13.5 Å². The molecule has 6 rings (SSSR count). The molecule has 0 saturated carbocycles. The summed E-state index contributed by atoms with van der Waals surface area (Å²) in [4.78, 5) is 15.0. The van der Waals surface area contributed by atoms with Gasteiger partial charge in [0.25, 0.3) is 0 Å². The molecule has 1 fully saturated rings. The topological polar surface area (TPSA) is 141 Å². The summed E-state index contributed by atoms with van der Waals surface area (Å²) in [5.41, 5.74) is 4.37. The number of nitrogens with zero attached hydrogens (tertiary/aromatic N) is 7. The molecule has 0 atom stereocenters. The normalized spacial score (nSPS) is 15.4. The molecule has 0 bridgehead atoms. The Bertz CT molecular complexity index is 1930. The van der Waals surface area contributed by atoms with Gasteiger partial charge < -0.3 is 19.0 Å². The molecule has 4 heterocycles. The number of nitrogens with one attached hydrogen (secondary N) is 1. The molecule has 43 heavy (non-hydrogen) atoms. The predicted molar refractivity (Wildman–Crippen MR) is 165 cm³/mol. The van der Waals surface area contributed by atoms with Crippen LogP contribution in [-0.2, 0) is 23.4 Å². The number of furan rings is 1. The Balaban J connectivity index is 1.19. The summed E-state index contributed by atoms with van der Waals surface area (Å²) in [5, 5.41) is 12.1. The predicted octanol–water partition coefficient (Wildman–Crippen LogP) is 4.38. The van der Waals surface area contributed by atoms with Gasteiger partial charge in [-0.1, -0.05) is 0 Å². The van der Waals surface area contributed by atoms with Crippen molar-refractivity contribution >= 4 is 45.0 Å². The zero-order chi connectivity index (χ0) is 30.0. The molecule has 0 unspecified atom stereocenters. The van der Waals surface area contributed by atoms with Crippen LogP contribution < -0.4 is 10.1 Å². The van der Waals surface area contributed by atoms with Crippen LogP contribution in [-0.4, -0.2) is 69.4 Å². The van der Waals surface area contributed by atoms with Crippen LogP contribution in [0, 0.1) is 6.92 Å². The highest BCUT2D eigenvalue weighted by Gasteiger charge is 2.22. The van der Waals surface area contributed by atoms with Gasteiger partial charge in [-0.25, -0.2) is 23.4 Å². The van der Waals surface area contributed by atoms with Crippen LogP contribution in [0.1, 0.15) is 17.0 Å². The van der Waals surface area contributed by atoms with Gasteiger partial charge in [0.1, 0.15) is 30.0 Å². The van der Waals surface area contributed by atoms with E-state index in [0.717, 1.165) is 39.0 Å². The van der Waals surface area contributed by atoms with Crippen molar-refractivity contribution in [1.82, 2.24) is 29.6 Å². The summed E-state index contributed by atoms with van der Waals surface area (Å²) < 4.78 is 37.1. The molecule has 1 saturated heterocycles. The monoisotopic (exact) mass is 598 g/mol. The van der Waals surface area contributed by atoms with Crippen LogP contribution in [0.4, 0.5) is 11.5 Å². The molecule has 220 valence electrons. The summed E-state index contributed by atoms with van der Waals surface area (Å²) in [6.45, 7) is 7.25. The maximum absolute atomic E-state index is 11.7. The number of ether oxygens (including phenoxy) is 1. The van der Waals surface area contributed by atoms with Gasteiger partial charge in [-0.05, 0) is 61.7 Å². The fraction of sp³-hybridized carbons (Fsp3) is 0.233. The zero-order valence-corrected chi connectivity index (χ0v) is 24.6. The summed E-state index contributed by atoms with van der Waals surface area (Å²) in [5.74, 6) is 3.29. The molecule has 1 aliphatic heterocycles. The highest BCUT2D eigenvalue weighted by molar-refractivity contribution is 7.91. The second-order valence-electron chi connectivity index (χ2n) is 10.3. The largest absolute Gasteiger partial charge is 0.464 e. The van der Waals surface area contributed by atoms with Crippen LogP contribution in [0.3, 0.4) is 0 Å². The molecule has 0 amide bonds. The van der Waals surface area contributed by atoms with Gasteiger partial charge in [0.15, 0.2) is 15.7 Å². The van der Waals surface area contributed by atoms with Crippen LogP contribution >= 0.6 is 0 Å². The molecule has 1 N–H and O–H groups in total. The van der Waals surface area contributed by atoms with Crippen molar-refractivity contribution in [3.05, 3.63) is 84.2 Å². The molecule has 0 spiro atoms. The highest BCUT2D eigenvalue weighted by atomic mass is 32.2. The Morgan fingerprint density at radius 3 is 2.74 bits per heavy atom. The van der Waals surface area contributed by atoms with Gasteiger partial charge in [-0.3, -0.25) is 4.90 Å². The lowest BCUT2D eigenvalue weighted by molar-refractivity contribution is 0.287. The molecule has 3 aromatic heterocycles. The third kappa shape index (κ3) is 6.47. The van der Waals surface area contributed by atoms with Gasteiger partial charge in [-0.15, -0.1) is 10.2 Å². The van der Waals surface area contributed by atoms with Crippen molar-refractivity contribution in [2.75, 3.05) is 29.9 Å². The molecule has 1 aliphatic rings. The average molecular weight is 599 g/mol. The minimum Gasteiger partial charge on any atom is -0.464 e. The van der Waals surface area contributed by atoms with Crippen LogP contribution in [0.15, 0.2) is 76.7 Å². The first kappa shape index (κ1) is 28.2. The third-order valence-electron chi connectivity index (χ3n) is 7.22. The average Bonchev–Trinajstić information content (AvgIpc) is 3.63. The lowest BCUT2D eigenvalue weighted by Gasteiger charge is -2.25. The number of sulfone groups is 1. The van der Waals surface area contributed by atoms with E-state index < -0.39 is 9.84 Å². The number of fused-ring (bicyclic) bond motifs is 1. The Hall–Kier alpha value is -4.88. The van der Waals surface area contributed by atoms with Crippen molar-refractivity contribution in [1.29, 1.82) is 0 Å². The number of aryl methyl sites for hydroxylation is 2. The fourth-order valence-corrected chi connectivity index (χ4v) is 6.09. The first-order valence-corrected chi connectivity index (χ1v) is 15.4. The quantitative estimate of drug-likeness (QED) is 0.192. The van der Waals surface area contributed by atoms with Gasteiger partial charge in [0, 0.05) is 55.0 Å². The number of aromatic nitrogens is 5. The van der Waals surface area contributed by atoms with E-state index in [0.29, 0.717) is 42.9 Å². The molecular weight excluding hydrogens is 568 g/mol. The lowest BCUT2D eigenvalue weighted by Crippen LogP contribution is -2.39. The number of anilines is 2. The van der Waals surface area contributed by atoms with E-state index in [1.54, 1.807) is 23.2 Å². The van der Waals surface area contributed by atoms with E-state index in [4.69, 9.17) is 9.15 Å². The molecule has 13 heteroatoms. The highest BCUT2D eigenvalue weighted by Crippen LogP contribution is 2.31. The minimum atomic E-state index is -2.92. The van der Waals surface area contributed by atoms with Crippen LogP contribution in [0.25, 0.3) is 28.3 Å². The Labute approximate surface area is 248 Å². The first-order chi connectivity index (χ1) is 20.8. The van der Waals surface area contributed by atoms with E-state index in [1.807, 2.05) is 56.4 Å². The Morgan fingerprint density at radius 1 is 1.16 bits per heavy atom. The summed E-state index contributed by atoms with van der Waals surface area (Å²) >= 11 is 0. The van der Waals surface area contributed by atoms with E-state index in [2.05, 4.69) is 42.1 Å². The van der Waals surface area contributed by atoms with Crippen molar-refractivity contribution in [2.24, 2.45) is 12.0 Å². The smallest absolute Gasteiger partial charge is 0.222 e. The fourth-order valence-electron chi connectivity index (χ4n) is 4.82. The van der Waals surface area contributed by atoms with Gasteiger partial charge >= 0.3 is 0 Å². The Morgan fingerprint density at radius 2 is 2.00 bits per heavy atom. The molecule has 12 nitrogen and oxygen atoms in total. The summed E-state index contributed by atoms with van der Waals surface area (Å²) in [6.07, 6.45) is 6.51. The van der Waals surface area contributed by atoms with Crippen LogP contribution in [0.2, 0.25) is 0 Å². The lowest BCUT2D eigenvalue weighted by atomic mass is 10.1. The summed E-state index contributed by atoms with van der Waals surface area (Å²) in [7, 11) is -1.09. The minimum absolute atomic E-state index is 0.196. The molecular formula is C30H30N8O4S. The Kier molecular flexibility index (Phi) is 7.74. The van der Waals surface area contributed by atoms with E-state index in [-0.39, 0.29) is 11.5 Å². The molecule has 0 aliphatic carbocycles. The number of hydrogen-bond acceptors (Lipinski definition) is 11. The first-order valence-electron chi connectivity index (χ1n) is 13.6. The molecule has 0 radical (unpaired) electrons. The van der Waals surface area contributed by atoms with E-state index in [1.165, 1.54) is 6.33 Å². The summed E-state index contributed by atoms with van der Waals surface area (Å²) in [6, 6.07) is 13.6. The number of rotatable bonds is 9. The van der Waals surface area contributed by atoms with Gasteiger partial charge in [-0.2, -0.15) is 0 Å². The standard InChI is InChI=1S/C30H30N8O4S/c1-20-12-23(5-7-26(20)42-29(31-2)15-28-36-34-19-37(28)3)35-30-24-14-22(4-6-25(24)32-18-33-30)27-13-21(17-41-27)16-38-8-10-43(39,40)11-9-38/h4-7,12-15,17-19H,2,8-11,16H2,1,3H3,(H,32,33,35)/b29-15+. The maximum Gasteiger partial charge on any atom is 0.222 e. The van der Waals surface area contributed by atoms with E-state index in [9.17, 15) is 8.42 Å². The molecule has 5 aromatic rings. The second kappa shape index (κ2) is 11.8. The molecule has 2 aromatic carbocycles. The van der Waals surface area contributed by atoms with Crippen molar-refractivity contribution in [3.8, 4) is 17.1 Å².